The zero-order chi connectivity index (χ0) is 19.5. The summed E-state index contributed by atoms with van der Waals surface area (Å²) in [6, 6.07) is 25.7. The third-order valence-corrected chi connectivity index (χ3v) is 5.54. The number of halogens is 2. The van der Waals surface area contributed by atoms with Gasteiger partial charge in [0, 0.05) is 22.6 Å². The molecular formula is C26H14F2O. The second kappa shape index (κ2) is 5.89. The predicted octanol–water partition coefficient (Wildman–Crippen LogP) is 7.71. The minimum Gasteiger partial charge on any atom is -0.455 e. The quantitative estimate of drug-likeness (QED) is 0.265. The van der Waals surface area contributed by atoms with Crippen LogP contribution in [0.2, 0.25) is 0 Å². The lowest BCUT2D eigenvalue weighted by atomic mass is 9.89. The topological polar surface area (TPSA) is 9.23 Å². The van der Waals surface area contributed by atoms with Gasteiger partial charge in [0.05, 0.1) is 0 Å². The minimum atomic E-state index is -0.609. The fourth-order valence-corrected chi connectivity index (χ4v) is 4.33. The van der Waals surface area contributed by atoms with Crippen LogP contribution in [0.4, 0.5) is 8.78 Å². The van der Waals surface area contributed by atoms with Crippen molar-refractivity contribution in [2.75, 3.05) is 0 Å². The molecule has 29 heavy (non-hydrogen) atoms. The Hall–Kier alpha value is -3.72. The van der Waals surface area contributed by atoms with Crippen molar-refractivity contribution in [3.8, 4) is 33.8 Å². The lowest BCUT2D eigenvalue weighted by Gasteiger charge is -2.24. The molecule has 0 saturated heterocycles. The predicted molar refractivity (Wildman–Crippen MR) is 112 cm³/mol. The van der Waals surface area contributed by atoms with Gasteiger partial charge in [-0.1, -0.05) is 60.7 Å². The summed E-state index contributed by atoms with van der Waals surface area (Å²) < 4.78 is 34.1. The van der Waals surface area contributed by atoms with Crippen molar-refractivity contribution in [1.29, 1.82) is 0 Å². The monoisotopic (exact) mass is 380 g/mol. The number of para-hydroxylation sites is 1. The molecule has 0 radical (unpaired) electrons. The Bertz CT molecular complexity index is 1430. The van der Waals surface area contributed by atoms with E-state index in [0.29, 0.717) is 16.9 Å². The largest absolute Gasteiger partial charge is 0.455 e. The standard InChI is InChI=1S/C26H14F2O/c27-17-11-16(12-18(28)14-17)20-7-3-10-23-22-9-4-8-21-19-6-2-1-5-15(19)13-24(25(21)22)29-26(20)23/h1-14H. The summed E-state index contributed by atoms with van der Waals surface area (Å²) in [6.45, 7) is 0. The molecule has 0 aromatic heterocycles. The van der Waals surface area contributed by atoms with Gasteiger partial charge in [-0.2, -0.15) is 0 Å². The summed E-state index contributed by atoms with van der Waals surface area (Å²) in [5.74, 6) is 0.155. The van der Waals surface area contributed by atoms with Crippen molar-refractivity contribution in [3.05, 3.63) is 96.6 Å². The normalized spacial score (nSPS) is 12.1. The van der Waals surface area contributed by atoms with Gasteiger partial charge in [-0.05, 0) is 45.5 Å². The molecule has 6 rings (SSSR count). The Labute approximate surface area is 165 Å². The Morgan fingerprint density at radius 3 is 2.14 bits per heavy atom. The molecule has 0 aliphatic carbocycles. The van der Waals surface area contributed by atoms with Crippen LogP contribution < -0.4 is 4.74 Å². The molecular weight excluding hydrogens is 366 g/mol. The summed E-state index contributed by atoms with van der Waals surface area (Å²) in [5.41, 5.74) is 3.09. The van der Waals surface area contributed by atoms with Gasteiger partial charge in [-0.15, -0.1) is 0 Å². The van der Waals surface area contributed by atoms with E-state index in [4.69, 9.17) is 4.74 Å². The zero-order valence-electron chi connectivity index (χ0n) is 15.2. The Morgan fingerprint density at radius 1 is 0.586 bits per heavy atom. The lowest BCUT2D eigenvalue weighted by molar-refractivity contribution is 0.489. The number of benzene rings is 5. The first-order chi connectivity index (χ1) is 14.2. The number of rotatable bonds is 1. The van der Waals surface area contributed by atoms with Gasteiger partial charge in [0.25, 0.3) is 0 Å². The fraction of sp³-hybridized carbons (Fsp3) is 0. The molecule has 5 aromatic rings. The molecule has 0 N–H and O–H groups in total. The summed E-state index contributed by atoms with van der Waals surface area (Å²) in [7, 11) is 0. The van der Waals surface area contributed by atoms with E-state index in [9.17, 15) is 8.78 Å². The molecule has 1 aliphatic heterocycles. The molecule has 0 spiro atoms. The van der Waals surface area contributed by atoms with Gasteiger partial charge in [0.1, 0.15) is 23.1 Å². The van der Waals surface area contributed by atoms with Crippen molar-refractivity contribution in [1.82, 2.24) is 0 Å². The smallest absolute Gasteiger partial charge is 0.143 e. The Morgan fingerprint density at radius 2 is 1.28 bits per heavy atom. The van der Waals surface area contributed by atoms with E-state index >= 15 is 0 Å². The number of ether oxygens (including phenoxy) is 1. The maximum Gasteiger partial charge on any atom is 0.143 e. The molecule has 0 bridgehead atoms. The average molecular weight is 380 g/mol. The average Bonchev–Trinajstić information content (AvgIpc) is 2.73. The molecule has 0 fully saturated rings. The van der Waals surface area contributed by atoms with Crippen LogP contribution in [0.5, 0.6) is 11.5 Å². The van der Waals surface area contributed by atoms with Gasteiger partial charge >= 0.3 is 0 Å². The molecule has 5 aromatic carbocycles. The van der Waals surface area contributed by atoms with Crippen molar-refractivity contribution >= 4 is 21.5 Å². The van der Waals surface area contributed by atoms with E-state index in [1.807, 2.05) is 42.5 Å². The van der Waals surface area contributed by atoms with Crippen molar-refractivity contribution in [2.24, 2.45) is 0 Å². The van der Waals surface area contributed by atoms with Crippen molar-refractivity contribution in [2.45, 2.75) is 0 Å². The number of hydrogen-bond acceptors (Lipinski definition) is 1. The van der Waals surface area contributed by atoms with E-state index in [-0.39, 0.29) is 0 Å². The second-order valence-electron chi connectivity index (χ2n) is 7.27. The van der Waals surface area contributed by atoms with Gasteiger partial charge < -0.3 is 4.74 Å². The first-order valence-corrected chi connectivity index (χ1v) is 9.41. The van der Waals surface area contributed by atoms with Crippen LogP contribution in [-0.2, 0) is 0 Å². The minimum absolute atomic E-state index is 0.454. The van der Waals surface area contributed by atoms with Gasteiger partial charge in [0.15, 0.2) is 0 Å². The van der Waals surface area contributed by atoms with E-state index in [1.54, 1.807) is 0 Å². The van der Waals surface area contributed by atoms with Crippen LogP contribution in [0.1, 0.15) is 0 Å². The van der Waals surface area contributed by atoms with Gasteiger partial charge in [0.2, 0.25) is 0 Å². The molecule has 3 heteroatoms. The maximum atomic E-state index is 13.9. The number of hydrogen-bond donors (Lipinski definition) is 0. The lowest BCUT2D eigenvalue weighted by Crippen LogP contribution is -1.99. The first-order valence-electron chi connectivity index (χ1n) is 9.41. The fourth-order valence-electron chi connectivity index (χ4n) is 4.33. The molecule has 138 valence electrons. The van der Waals surface area contributed by atoms with Crippen LogP contribution in [0, 0.1) is 11.6 Å². The maximum absolute atomic E-state index is 13.9. The van der Waals surface area contributed by atoms with E-state index in [2.05, 4.69) is 24.3 Å². The van der Waals surface area contributed by atoms with Crippen LogP contribution in [0.25, 0.3) is 43.8 Å². The summed E-state index contributed by atoms with van der Waals surface area (Å²) in [4.78, 5) is 0. The van der Waals surface area contributed by atoms with E-state index < -0.39 is 11.6 Å². The summed E-state index contributed by atoms with van der Waals surface area (Å²) in [5, 5.41) is 4.44. The van der Waals surface area contributed by atoms with Crippen LogP contribution in [0.3, 0.4) is 0 Å². The molecule has 1 nitrogen and oxygen atoms in total. The summed E-state index contributed by atoms with van der Waals surface area (Å²) >= 11 is 0. The SMILES string of the molecule is Fc1cc(F)cc(-c2cccc3c2Oc2cc4ccccc4c4cccc-3c24)c1. The Kier molecular flexibility index (Phi) is 3.30. The summed E-state index contributed by atoms with van der Waals surface area (Å²) in [6.07, 6.45) is 0. The third-order valence-electron chi connectivity index (χ3n) is 5.54. The highest BCUT2D eigenvalue weighted by Gasteiger charge is 2.24. The zero-order valence-corrected chi connectivity index (χ0v) is 15.2. The molecule has 1 aliphatic rings. The highest BCUT2D eigenvalue weighted by atomic mass is 19.1. The highest BCUT2D eigenvalue weighted by molar-refractivity contribution is 6.16. The highest BCUT2D eigenvalue weighted by Crippen LogP contribution is 2.51. The Balaban J connectivity index is 1.69. The molecule has 1 heterocycles. The van der Waals surface area contributed by atoms with Gasteiger partial charge in [-0.25, -0.2) is 8.78 Å². The number of fused-ring (bicyclic) bond motifs is 4. The van der Waals surface area contributed by atoms with Crippen LogP contribution >= 0.6 is 0 Å². The molecule has 0 unspecified atom stereocenters. The van der Waals surface area contributed by atoms with Crippen LogP contribution in [-0.4, -0.2) is 0 Å². The van der Waals surface area contributed by atoms with E-state index in [0.717, 1.165) is 39.1 Å². The van der Waals surface area contributed by atoms with Crippen molar-refractivity contribution < 1.29 is 13.5 Å². The third kappa shape index (κ3) is 2.37. The van der Waals surface area contributed by atoms with Crippen LogP contribution in [0.15, 0.2) is 84.9 Å². The van der Waals surface area contributed by atoms with Crippen molar-refractivity contribution in [3.63, 3.8) is 0 Å². The molecule has 0 amide bonds. The first kappa shape index (κ1) is 16.3. The molecule has 0 saturated carbocycles. The molecule has 0 atom stereocenters. The van der Waals surface area contributed by atoms with Gasteiger partial charge in [-0.3, -0.25) is 0 Å². The van der Waals surface area contributed by atoms with E-state index in [1.165, 1.54) is 17.5 Å². The second-order valence-corrected chi connectivity index (χ2v) is 7.27.